The summed E-state index contributed by atoms with van der Waals surface area (Å²) in [4.78, 5) is 5.61. The van der Waals surface area contributed by atoms with Crippen LogP contribution in [0.25, 0.3) is 27.0 Å². The number of hydrogen-bond acceptors (Lipinski definition) is 5. The van der Waals surface area contributed by atoms with Gasteiger partial charge in [-0.15, -0.1) is 27.8 Å². The molecule has 1 aromatic carbocycles. The summed E-state index contributed by atoms with van der Waals surface area (Å²) in [5.74, 6) is -0.254. The highest BCUT2D eigenvalue weighted by Crippen LogP contribution is 2.26. The summed E-state index contributed by atoms with van der Waals surface area (Å²) < 4.78 is 14.6. The van der Waals surface area contributed by atoms with Crippen LogP contribution in [0.5, 0.6) is 0 Å². The summed E-state index contributed by atoms with van der Waals surface area (Å²) in [7, 11) is 0. The van der Waals surface area contributed by atoms with Crippen LogP contribution in [0.2, 0.25) is 0 Å². The Labute approximate surface area is 133 Å². The first-order valence-corrected chi connectivity index (χ1v) is 8.23. The monoisotopic (exact) mass is 328 g/mol. The third-order valence-electron chi connectivity index (χ3n) is 3.10. The highest BCUT2D eigenvalue weighted by atomic mass is 32.1. The van der Waals surface area contributed by atoms with E-state index in [1.165, 1.54) is 23.5 Å². The maximum atomic E-state index is 13.0. The standard InChI is InChI=1S/C15H9FN4S2/c16-11-5-3-10(4-6-11)13-9-22-15(17-13)20-8-12(18-19-20)14-2-1-7-21-14/h1-9H. The van der Waals surface area contributed by atoms with Gasteiger partial charge in [-0.05, 0) is 35.7 Å². The first-order valence-electron chi connectivity index (χ1n) is 6.48. The lowest BCUT2D eigenvalue weighted by molar-refractivity contribution is 0.628. The minimum absolute atomic E-state index is 0.254. The number of benzene rings is 1. The van der Waals surface area contributed by atoms with E-state index in [1.54, 1.807) is 28.2 Å². The van der Waals surface area contributed by atoms with Crippen molar-refractivity contribution in [2.45, 2.75) is 0 Å². The number of thiazole rings is 1. The Morgan fingerprint density at radius 2 is 1.86 bits per heavy atom. The van der Waals surface area contributed by atoms with Crippen LogP contribution in [0.15, 0.2) is 53.4 Å². The van der Waals surface area contributed by atoms with Gasteiger partial charge in [-0.3, -0.25) is 0 Å². The van der Waals surface area contributed by atoms with E-state index < -0.39 is 0 Å². The Morgan fingerprint density at radius 3 is 2.64 bits per heavy atom. The van der Waals surface area contributed by atoms with Gasteiger partial charge >= 0.3 is 0 Å². The summed E-state index contributed by atoms with van der Waals surface area (Å²) in [5.41, 5.74) is 2.50. The van der Waals surface area contributed by atoms with Gasteiger partial charge in [0.25, 0.3) is 0 Å². The number of nitrogens with zero attached hydrogens (tertiary/aromatic N) is 4. The summed E-state index contributed by atoms with van der Waals surface area (Å²) in [6, 6.07) is 10.3. The van der Waals surface area contributed by atoms with Gasteiger partial charge in [-0.2, -0.15) is 4.68 Å². The van der Waals surface area contributed by atoms with Crippen LogP contribution >= 0.6 is 22.7 Å². The van der Waals surface area contributed by atoms with Crippen LogP contribution in [0.4, 0.5) is 4.39 Å². The van der Waals surface area contributed by atoms with Gasteiger partial charge in [0.1, 0.15) is 11.5 Å². The lowest BCUT2D eigenvalue weighted by Crippen LogP contribution is -1.93. The van der Waals surface area contributed by atoms with Crippen molar-refractivity contribution in [2.75, 3.05) is 0 Å². The molecule has 3 heterocycles. The molecule has 4 aromatic rings. The molecule has 0 saturated carbocycles. The second kappa shape index (κ2) is 5.43. The maximum absolute atomic E-state index is 13.0. The van der Waals surface area contributed by atoms with Crippen LogP contribution in [-0.2, 0) is 0 Å². The number of halogens is 1. The molecule has 0 unspecified atom stereocenters. The van der Waals surface area contributed by atoms with Crippen molar-refractivity contribution < 1.29 is 4.39 Å². The molecule has 0 aliphatic rings. The molecule has 3 aromatic heterocycles. The van der Waals surface area contributed by atoms with Gasteiger partial charge in [-0.1, -0.05) is 11.3 Å². The molecule has 108 valence electrons. The van der Waals surface area contributed by atoms with Crippen LogP contribution in [0, 0.1) is 5.82 Å². The van der Waals surface area contributed by atoms with E-state index in [0.29, 0.717) is 0 Å². The smallest absolute Gasteiger partial charge is 0.212 e. The molecule has 0 bridgehead atoms. The SMILES string of the molecule is Fc1ccc(-c2csc(-n3cc(-c4cccs4)nn3)n2)cc1. The average Bonchev–Trinajstić information content (AvgIpc) is 3.27. The first-order chi connectivity index (χ1) is 10.8. The highest BCUT2D eigenvalue weighted by Gasteiger charge is 2.10. The zero-order chi connectivity index (χ0) is 14.9. The highest BCUT2D eigenvalue weighted by molar-refractivity contribution is 7.13. The van der Waals surface area contributed by atoms with Gasteiger partial charge in [0.05, 0.1) is 16.8 Å². The molecule has 4 rings (SSSR count). The summed E-state index contributed by atoms with van der Waals surface area (Å²) in [6.45, 7) is 0. The van der Waals surface area contributed by atoms with Crippen molar-refractivity contribution >= 4 is 22.7 Å². The second-order valence-electron chi connectivity index (χ2n) is 4.55. The summed E-state index contributed by atoms with van der Waals surface area (Å²) in [6.07, 6.45) is 1.86. The fraction of sp³-hybridized carbons (Fsp3) is 0. The number of aromatic nitrogens is 4. The van der Waals surface area contributed by atoms with Gasteiger partial charge in [0, 0.05) is 10.9 Å². The number of thiophene rings is 1. The molecule has 0 aliphatic carbocycles. The predicted molar refractivity (Wildman–Crippen MR) is 85.7 cm³/mol. The Balaban J connectivity index is 1.65. The molecule has 4 nitrogen and oxygen atoms in total. The molecular weight excluding hydrogens is 319 g/mol. The third-order valence-corrected chi connectivity index (χ3v) is 4.82. The average molecular weight is 328 g/mol. The molecular formula is C15H9FN4S2. The van der Waals surface area contributed by atoms with E-state index in [4.69, 9.17) is 0 Å². The van der Waals surface area contributed by atoms with E-state index in [9.17, 15) is 4.39 Å². The Hall–Kier alpha value is -2.38. The van der Waals surface area contributed by atoms with Crippen molar-refractivity contribution in [3.8, 4) is 27.0 Å². The molecule has 22 heavy (non-hydrogen) atoms. The van der Waals surface area contributed by atoms with Crippen molar-refractivity contribution in [1.82, 2.24) is 20.0 Å². The van der Waals surface area contributed by atoms with Crippen molar-refractivity contribution in [2.24, 2.45) is 0 Å². The molecule has 0 N–H and O–H groups in total. The van der Waals surface area contributed by atoms with Crippen LogP contribution < -0.4 is 0 Å². The normalized spacial score (nSPS) is 11.0. The first kappa shape index (κ1) is 13.3. The van der Waals surface area contributed by atoms with Gasteiger partial charge < -0.3 is 0 Å². The summed E-state index contributed by atoms with van der Waals surface area (Å²) >= 11 is 3.09. The van der Waals surface area contributed by atoms with Gasteiger partial charge in [0.15, 0.2) is 0 Å². The fourth-order valence-corrected chi connectivity index (χ4v) is 3.45. The Kier molecular flexibility index (Phi) is 3.28. The summed E-state index contributed by atoms with van der Waals surface area (Å²) in [5, 5.41) is 13.0. The zero-order valence-electron chi connectivity index (χ0n) is 11.2. The van der Waals surface area contributed by atoms with E-state index in [-0.39, 0.29) is 5.82 Å². The van der Waals surface area contributed by atoms with Crippen molar-refractivity contribution in [3.63, 3.8) is 0 Å². The molecule has 0 fully saturated rings. The number of rotatable bonds is 3. The predicted octanol–water partition coefficient (Wildman–Crippen LogP) is 4.26. The van der Waals surface area contributed by atoms with E-state index in [1.807, 2.05) is 29.1 Å². The molecule has 0 amide bonds. The lowest BCUT2D eigenvalue weighted by atomic mass is 10.2. The minimum Gasteiger partial charge on any atom is -0.218 e. The van der Waals surface area contributed by atoms with Crippen LogP contribution in [-0.4, -0.2) is 20.0 Å². The molecule has 7 heteroatoms. The van der Waals surface area contributed by atoms with E-state index in [0.717, 1.165) is 27.0 Å². The quantitative estimate of drug-likeness (QED) is 0.564. The molecule has 0 spiro atoms. The zero-order valence-corrected chi connectivity index (χ0v) is 12.8. The second-order valence-corrected chi connectivity index (χ2v) is 6.33. The Morgan fingerprint density at radius 1 is 1.00 bits per heavy atom. The van der Waals surface area contributed by atoms with Crippen molar-refractivity contribution in [1.29, 1.82) is 0 Å². The molecule has 0 radical (unpaired) electrons. The maximum Gasteiger partial charge on any atom is 0.212 e. The van der Waals surface area contributed by atoms with Crippen LogP contribution in [0.3, 0.4) is 0 Å². The van der Waals surface area contributed by atoms with E-state index in [2.05, 4.69) is 15.3 Å². The van der Waals surface area contributed by atoms with E-state index >= 15 is 0 Å². The Bertz CT molecular complexity index is 894. The van der Waals surface area contributed by atoms with Gasteiger partial charge in [-0.25, -0.2) is 9.37 Å². The molecule has 0 saturated heterocycles. The largest absolute Gasteiger partial charge is 0.218 e. The van der Waals surface area contributed by atoms with Gasteiger partial charge in [0.2, 0.25) is 5.13 Å². The molecule has 0 aliphatic heterocycles. The lowest BCUT2D eigenvalue weighted by Gasteiger charge is -1.95. The fourth-order valence-electron chi connectivity index (χ4n) is 2.02. The minimum atomic E-state index is -0.254. The topological polar surface area (TPSA) is 43.6 Å². The van der Waals surface area contributed by atoms with Crippen LogP contribution in [0.1, 0.15) is 0 Å². The van der Waals surface area contributed by atoms with Crippen molar-refractivity contribution in [3.05, 3.63) is 59.2 Å². The molecule has 0 atom stereocenters. The number of hydrogen-bond donors (Lipinski definition) is 0. The third kappa shape index (κ3) is 2.44.